The predicted molar refractivity (Wildman–Crippen MR) is 75.3 cm³/mol. The summed E-state index contributed by atoms with van der Waals surface area (Å²) >= 11 is 0. The molecule has 0 saturated heterocycles. The van der Waals surface area contributed by atoms with Crippen LogP contribution in [-0.4, -0.2) is 17.1 Å². The second-order valence-corrected chi connectivity index (χ2v) is 4.54. The summed E-state index contributed by atoms with van der Waals surface area (Å²) in [6, 6.07) is 2.98. The van der Waals surface area contributed by atoms with Crippen molar-refractivity contribution in [1.29, 1.82) is 0 Å². The van der Waals surface area contributed by atoms with Crippen LogP contribution in [0.3, 0.4) is 0 Å². The minimum atomic E-state index is -0.502. The fourth-order valence-corrected chi connectivity index (χ4v) is 2.01. The molecule has 4 nitrogen and oxygen atoms in total. The smallest absolute Gasteiger partial charge is 0.329 e. The minimum absolute atomic E-state index is 0.131. The molecule has 19 heavy (non-hydrogen) atoms. The second-order valence-electron chi connectivity index (χ2n) is 4.54. The zero-order chi connectivity index (χ0) is 14.3. The van der Waals surface area contributed by atoms with Gasteiger partial charge in [-0.1, -0.05) is 26.7 Å². The molecule has 1 heterocycles. The number of aryl methyl sites for hydroxylation is 1. The number of pyridine rings is 1. The maximum Gasteiger partial charge on any atom is 0.329 e. The van der Waals surface area contributed by atoms with Gasteiger partial charge < -0.3 is 9.30 Å². The molecular weight excluding hydrogens is 242 g/mol. The number of esters is 1. The van der Waals surface area contributed by atoms with E-state index in [-0.39, 0.29) is 11.5 Å². The Morgan fingerprint density at radius 1 is 1.37 bits per heavy atom. The van der Waals surface area contributed by atoms with Crippen molar-refractivity contribution in [2.24, 2.45) is 0 Å². The Balaban J connectivity index is 3.02. The van der Waals surface area contributed by atoms with Gasteiger partial charge in [-0.2, -0.15) is 0 Å². The predicted octanol–water partition coefficient (Wildman–Crippen LogP) is 2.71. The standard InChI is InChI=1S/C15H23NO3/c1-4-7-8-13(15(18)19-6-3)16-10-9-12(5-2)11-14(16)17/h9-11,13H,4-8H2,1-3H3. The molecule has 0 radical (unpaired) electrons. The van der Waals surface area contributed by atoms with Crippen molar-refractivity contribution in [2.45, 2.75) is 52.5 Å². The first-order valence-corrected chi connectivity index (χ1v) is 7.01. The number of aromatic nitrogens is 1. The Kier molecular flexibility index (Phi) is 6.33. The van der Waals surface area contributed by atoms with Crippen molar-refractivity contribution in [3.05, 3.63) is 34.2 Å². The Morgan fingerprint density at radius 3 is 2.63 bits per heavy atom. The summed E-state index contributed by atoms with van der Waals surface area (Å²) in [4.78, 5) is 24.0. The van der Waals surface area contributed by atoms with E-state index in [0.29, 0.717) is 13.0 Å². The molecule has 0 saturated carbocycles. The van der Waals surface area contributed by atoms with Crippen molar-refractivity contribution in [3.63, 3.8) is 0 Å². The maximum absolute atomic E-state index is 12.1. The molecule has 1 rings (SSSR count). The van der Waals surface area contributed by atoms with Crippen molar-refractivity contribution in [2.75, 3.05) is 6.61 Å². The van der Waals surface area contributed by atoms with Gasteiger partial charge in [-0.15, -0.1) is 0 Å². The average Bonchev–Trinajstić information content (AvgIpc) is 2.40. The highest BCUT2D eigenvalue weighted by Gasteiger charge is 2.21. The van der Waals surface area contributed by atoms with Gasteiger partial charge in [-0.3, -0.25) is 4.79 Å². The number of nitrogens with zero attached hydrogens (tertiary/aromatic N) is 1. The molecule has 0 aromatic carbocycles. The Labute approximate surface area is 114 Å². The molecule has 1 aromatic heterocycles. The highest BCUT2D eigenvalue weighted by atomic mass is 16.5. The van der Waals surface area contributed by atoms with Gasteiger partial charge in [0.1, 0.15) is 6.04 Å². The first-order chi connectivity index (χ1) is 9.13. The first kappa shape index (κ1) is 15.5. The number of rotatable bonds is 7. The van der Waals surface area contributed by atoms with Gasteiger partial charge in [0.05, 0.1) is 6.61 Å². The number of unbranched alkanes of at least 4 members (excludes halogenated alkanes) is 1. The van der Waals surface area contributed by atoms with Gasteiger partial charge in [0.25, 0.3) is 5.56 Å². The molecule has 4 heteroatoms. The minimum Gasteiger partial charge on any atom is -0.464 e. The van der Waals surface area contributed by atoms with Gasteiger partial charge in [-0.05, 0) is 31.4 Å². The van der Waals surface area contributed by atoms with Crippen LogP contribution in [0.2, 0.25) is 0 Å². The molecule has 0 N–H and O–H groups in total. The summed E-state index contributed by atoms with van der Waals surface area (Å²) in [7, 11) is 0. The van der Waals surface area contributed by atoms with E-state index in [1.165, 1.54) is 4.57 Å². The van der Waals surface area contributed by atoms with Gasteiger partial charge in [0.15, 0.2) is 0 Å². The van der Waals surface area contributed by atoms with Crippen molar-refractivity contribution < 1.29 is 9.53 Å². The van der Waals surface area contributed by atoms with E-state index < -0.39 is 6.04 Å². The molecule has 0 spiro atoms. The summed E-state index contributed by atoms with van der Waals surface area (Å²) in [5, 5.41) is 0. The van der Waals surface area contributed by atoms with Crippen LogP contribution < -0.4 is 5.56 Å². The van der Waals surface area contributed by atoms with E-state index in [0.717, 1.165) is 24.8 Å². The molecule has 0 fully saturated rings. The third kappa shape index (κ3) is 4.23. The molecule has 106 valence electrons. The Bertz CT molecular complexity index is 465. The number of ether oxygens (including phenoxy) is 1. The van der Waals surface area contributed by atoms with Crippen molar-refractivity contribution in [1.82, 2.24) is 4.57 Å². The highest BCUT2D eigenvalue weighted by Crippen LogP contribution is 2.15. The van der Waals surface area contributed by atoms with E-state index in [9.17, 15) is 9.59 Å². The lowest BCUT2D eigenvalue weighted by atomic mass is 10.1. The van der Waals surface area contributed by atoms with E-state index >= 15 is 0 Å². The molecule has 0 aliphatic carbocycles. The van der Waals surface area contributed by atoms with Crippen LogP contribution >= 0.6 is 0 Å². The lowest BCUT2D eigenvalue weighted by Gasteiger charge is -2.18. The normalized spacial score (nSPS) is 12.2. The number of hydrogen-bond acceptors (Lipinski definition) is 3. The number of hydrogen-bond donors (Lipinski definition) is 0. The van der Waals surface area contributed by atoms with Crippen LogP contribution in [0.4, 0.5) is 0 Å². The molecular formula is C15H23NO3. The van der Waals surface area contributed by atoms with Crippen LogP contribution in [0.15, 0.2) is 23.1 Å². The van der Waals surface area contributed by atoms with Gasteiger partial charge in [0.2, 0.25) is 0 Å². The third-order valence-electron chi connectivity index (χ3n) is 3.15. The van der Waals surface area contributed by atoms with Crippen LogP contribution in [0.1, 0.15) is 51.6 Å². The zero-order valence-electron chi connectivity index (χ0n) is 12.0. The van der Waals surface area contributed by atoms with E-state index in [2.05, 4.69) is 6.92 Å². The summed E-state index contributed by atoms with van der Waals surface area (Å²) in [6.45, 7) is 6.17. The maximum atomic E-state index is 12.1. The van der Waals surface area contributed by atoms with E-state index in [1.54, 1.807) is 19.2 Å². The summed E-state index contributed by atoms with van der Waals surface area (Å²) in [5.74, 6) is -0.317. The lowest BCUT2D eigenvalue weighted by molar-refractivity contribution is -0.147. The molecule has 0 amide bonds. The van der Waals surface area contributed by atoms with Crippen LogP contribution in [0.5, 0.6) is 0 Å². The third-order valence-corrected chi connectivity index (χ3v) is 3.15. The second kappa shape index (κ2) is 7.77. The zero-order valence-corrected chi connectivity index (χ0v) is 12.0. The SMILES string of the molecule is CCCCC(C(=O)OCC)n1ccc(CC)cc1=O. The molecule has 1 unspecified atom stereocenters. The van der Waals surface area contributed by atoms with Crippen molar-refractivity contribution >= 4 is 5.97 Å². The highest BCUT2D eigenvalue weighted by molar-refractivity contribution is 5.74. The summed E-state index contributed by atoms with van der Waals surface area (Å²) < 4.78 is 6.56. The van der Waals surface area contributed by atoms with Gasteiger partial charge in [-0.25, -0.2) is 4.79 Å². The average molecular weight is 265 g/mol. The van der Waals surface area contributed by atoms with Crippen molar-refractivity contribution in [3.8, 4) is 0 Å². The van der Waals surface area contributed by atoms with Gasteiger partial charge >= 0.3 is 5.97 Å². The molecule has 0 bridgehead atoms. The summed E-state index contributed by atoms with van der Waals surface area (Å²) in [5.41, 5.74) is 0.854. The fourth-order valence-electron chi connectivity index (χ4n) is 2.01. The number of carbonyl (C=O) groups is 1. The first-order valence-electron chi connectivity index (χ1n) is 7.01. The lowest BCUT2D eigenvalue weighted by Crippen LogP contribution is -2.30. The van der Waals surface area contributed by atoms with Gasteiger partial charge in [0, 0.05) is 12.3 Å². The Morgan fingerprint density at radius 2 is 2.11 bits per heavy atom. The fraction of sp³-hybridized carbons (Fsp3) is 0.600. The van der Waals surface area contributed by atoms with Crippen LogP contribution in [0, 0.1) is 0 Å². The summed E-state index contributed by atoms with van der Waals surface area (Å²) in [6.07, 6.45) is 5.04. The topological polar surface area (TPSA) is 48.3 Å². The molecule has 1 atom stereocenters. The van der Waals surface area contributed by atoms with E-state index in [4.69, 9.17) is 4.74 Å². The molecule has 0 aliphatic heterocycles. The molecule has 0 aliphatic rings. The largest absolute Gasteiger partial charge is 0.464 e. The molecule has 1 aromatic rings. The van der Waals surface area contributed by atoms with Crippen LogP contribution in [-0.2, 0) is 16.0 Å². The number of carbonyl (C=O) groups excluding carboxylic acids is 1. The Hall–Kier alpha value is -1.58. The monoisotopic (exact) mass is 265 g/mol. The quantitative estimate of drug-likeness (QED) is 0.712. The van der Waals surface area contributed by atoms with Crippen LogP contribution in [0.25, 0.3) is 0 Å². The van der Waals surface area contributed by atoms with E-state index in [1.807, 2.05) is 13.0 Å².